The molecule has 0 N–H and O–H groups in total. The van der Waals surface area contributed by atoms with E-state index in [1.54, 1.807) is 18.2 Å². The summed E-state index contributed by atoms with van der Waals surface area (Å²) >= 11 is 11.5. The zero-order chi connectivity index (χ0) is 11.0. The molecule has 2 rings (SSSR count). The fraction of sp³-hybridized carbons (Fsp3) is 0.200. The van der Waals surface area contributed by atoms with Gasteiger partial charge >= 0.3 is 0 Å². The molecule has 15 heavy (non-hydrogen) atoms. The summed E-state index contributed by atoms with van der Waals surface area (Å²) in [5.74, 6) is -0.805. The van der Waals surface area contributed by atoms with Crippen molar-refractivity contribution in [1.29, 1.82) is 0 Å². The molecule has 1 aliphatic heterocycles. The molecule has 1 amide bonds. The molecule has 0 bridgehead atoms. The maximum Gasteiger partial charge on any atom is 0.299 e. The van der Waals surface area contributed by atoms with Gasteiger partial charge in [-0.2, -0.15) is 0 Å². The molecule has 0 aliphatic carbocycles. The van der Waals surface area contributed by atoms with Crippen molar-refractivity contribution in [3.63, 3.8) is 0 Å². The number of rotatable bonds is 2. The van der Waals surface area contributed by atoms with E-state index < -0.39 is 11.7 Å². The van der Waals surface area contributed by atoms with E-state index in [2.05, 4.69) is 0 Å². The van der Waals surface area contributed by atoms with Crippen LogP contribution < -0.4 is 4.90 Å². The monoisotopic (exact) mass is 243 g/mol. The van der Waals surface area contributed by atoms with Crippen molar-refractivity contribution in [2.75, 3.05) is 17.3 Å². The van der Waals surface area contributed by atoms with Gasteiger partial charge in [0.2, 0.25) is 0 Å². The lowest BCUT2D eigenvalue weighted by Crippen LogP contribution is -2.31. The standard InChI is InChI=1S/C10H7Cl2NO2/c11-4-5-13-8-6(9(14)10(13)15)2-1-3-7(8)12/h1-3H,4-5H2. The van der Waals surface area contributed by atoms with Crippen molar-refractivity contribution in [2.24, 2.45) is 0 Å². The molecule has 0 atom stereocenters. The molecular weight excluding hydrogens is 237 g/mol. The zero-order valence-electron chi connectivity index (χ0n) is 7.67. The number of Topliss-reactive ketones (excluding diaryl/α,β-unsaturated/α-hetero) is 1. The summed E-state index contributed by atoms with van der Waals surface area (Å²) in [7, 11) is 0. The average molecular weight is 244 g/mol. The summed E-state index contributed by atoms with van der Waals surface area (Å²) in [5.41, 5.74) is 0.840. The van der Waals surface area contributed by atoms with Crippen molar-refractivity contribution < 1.29 is 9.59 Å². The van der Waals surface area contributed by atoms with Crippen molar-refractivity contribution in [3.8, 4) is 0 Å². The predicted octanol–water partition coefficient (Wildman–Crippen LogP) is 2.11. The van der Waals surface area contributed by atoms with Crippen LogP contribution in [0.2, 0.25) is 5.02 Å². The molecule has 0 unspecified atom stereocenters. The highest BCUT2D eigenvalue weighted by atomic mass is 35.5. The number of ketones is 1. The Morgan fingerprint density at radius 2 is 2.00 bits per heavy atom. The van der Waals surface area contributed by atoms with E-state index in [4.69, 9.17) is 23.2 Å². The van der Waals surface area contributed by atoms with Crippen LogP contribution in [0.25, 0.3) is 0 Å². The number of anilines is 1. The summed E-state index contributed by atoms with van der Waals surface area (Å²) < 4.78 is 0. The Kier molecular flexibility index (Phi) is 2.67. The summed E-state index contributed by atoms with van der Waals surface area (Å²) in [4.78, 5) is 24.4. The summed E-state index contributed by atoms with van der Waals surface area (Å²) in [6, 6.07) is 4.89. The van der Waals surface area contributed by atoms with E-state index in [9.17, 15) is 9.59 Å². The van der Waals surface area contributed by atoms with Crippen LogP contribution in [-0.2, 0) is 4.79 Å². The third kappa shape index (κ3) is 1.52. The Labute approximate surface area is 96.6 Å². The fourth-order valence-corrected chi connectivity index (χ4v) is 2.06. The lowest BCUT2D eigenvalue weighted by molar-refractivity contribution is -0.114. The maximum atomic E-state index is 11.6. The first-order chi connectivity index (χ1) is 7.16. The normalized spacial score (nSPS) is 14.7. The molecule has 0 saturated carbocycles. The Morgan fingerprint density at radius 3 is 2.67 bits per heavy atom. The van der Waals surface area contributed by atoms with E-state index >= 15 is 0 Å². The van der Waals surface area contributed by atoms with Gasteiger partial charge in [0.1, 0.15) is 0 Å². The lowest BCUT2D eigenvalue weighted by atomic mass is 10.1. The van der Waals surface area contributed by atoms with Crippen LogP contribution in [0.1, 0.15) is 10.4 Å². The molecule has 0 saturated heterocycles. The van der Waals surface area contributed by atoms with Gasteiger partial charge in [-0.15, -0.1) is 11.6 Å². The van der Waals surface area contributed by atoms with E-state index in [1.807, 2.05) is 0 Å². The van der Waals surface area contributed by atoms with Gasteiger partial charge in [-0.25, -0.2) is 0 Å². The minimum Gasteiger partial charge on any atom is -0.302 e. The van der Waals surface area contributed by atoms with Crippen molar-refractivity contribution in [2.45, 2.75) is 0 Å². The Morgan fingerprint density at radius 1 is 1.27 bits per heavy atom. The van der Waals surface area contributed by atoms with Gasteiger partial charge in [0.15, 0.2) is 0 Å². The minimum absolute atomic E-state index is 0.268. The van der Waals surface area contributed by atoms with Crippen LogP contribution in [0.4, 0.5) is 5.69 Å². The highest BCUT2D eigenvalue weighted by Crippen LogP contribution is 2.35. The van der Waals surface area contributed by atoms with Gasteiger partial charge in [0.05, 0.1) is 16.3 Å². The van der Waals surface area contributed by atoms with Gasteiger partial charge in [-0.05, 0) is 12.1 Å². The van der Waals surface area contributed by atoms with Crippen molar-refractivity contribution >= 4 is 40.6 Å². The number of alkyl halides is 1. The van der Waals surface area contributed by atoms with Gasteiger partial charge in [0, 0.05) is 12.4 Å². The van der Waals surface area contributed by atoms with E-state index in [1.165, 1.54) is 4.90 Å². The summed E-state index contributed by atoms with van der Waals surface area (Å²) in [6.45, 7) is 0.295. The van der Waals surface area contributed by atoms with Crippen LogP contribution in [0.15, 0.2) is 18.2 Å². The molecular formula is C10H7Cl2NO2. The largest absolute Gasteiger partial charge is 0.302 e. The Hall–Kier alpha value is -1.06. The van der Waals surface area contributed by atoms with E-state index in [-0.39, 0.29) is 5.88 Å². The number of hydrogen-bond donors (Lipinski definition) is 0. The number of fused-ring (bicyclic) bond motifs is 1. The third-order valence-electron chi connectivity index (χ3n) is 2.25. The van der Waals surface area contributed by atoms with E-state index in [0.717, 1.165) is 0 Å². The first-order valence-electron chi connectivity index (χ1n) is 4.37. The molecule has 3 nitrogen and oxygen atoms in total. The summed E-state index contributed by atoms with van der Waals surface area (Å²) in [5, 5.41) is 0.400. The molecule has 0 spiro atoms. The van der Waals surface area contributed by atoms with Crippen LogP contribution in [0, 0.1) is 0 Å². The molecule has 1 heterocycles. The second kappa shape index (κ2) is 3.83. The van der Waals surface area contributed by atoms with Gasteiger partial charge in [-0.3, -0.25) is 9.59 Å². The van der Waals surface area contributed by atoms with Crippen molar-refractivity contribution in [1.82, 2.24) is 0 Å². The summed E-state index contributed by atoms with van der Waals surface area (Å²) in [6.07, 6.45) is 0. The topological polar surface area (TPSA) is 37.4 Å². The minimum atomic E-state index is -0.557. The van der Waals surface area contributed by atoms with E-state index in [0.29, 0.717) is 22.8 Å². The number of carbonyl (C=O) groups is 2. The zero-order valence-corrected chi connectivity index (χ0v) is 9.18. The average Bonchev–Trinajstić information content (AvgIpc) is 2.46. The maximum absolute atomic E-state index is 11.6. The Balaban J connectivity index is 2.56. The second-order valence-electron chi connectivity index (χ2n) is 3.11. The van der Waals surface area contributed by atoms with Crippen molar-refractivity contribution in [3.05, 3.63) is 28.8 Å². The molecule has 1 aromatic rings. The molecule has 5 heteroatoms. The Bertz CT molecular complexity index is 445. The number of benzene rings is 1. The van der Waals surface area contributed by atoms with Gasteiger partial charge in [0.25, 0.3) is 11.7 Å². The van der Waals surface area contributed by atoms with Crippen LogP contribution in [-0.4, -0.2) is 24.1 Å². The number of halogens is 2. The number of nitrogens with zero attached hydrogens (tertiary/aromatic N) is 1. The SMILES string of the molecule is O=C1C(=O)N(CCCl)c2c(Cl)cccc21. The highest BCUT2D eigenvalue weighted by Gasteiger charge is 2.36. The smallest absolute Gasteiger partial charge is 0.299 e. The molecule has 0 fully saturated rings. The number of carbonyl (C=O) groups excluding carboxylic acids is 2. The molecule has 78 valence electrons. The quantitative estimate of drug-likeness (QED) is 0.590. The number of amides is 1. The molecule has 1 aliphatic rings. The number of para-hydroxylation sites is 1. The second-order valence-corrected chi connectivity index (χ2v) is 3.90. The van der Waals surface area contributed by atoms with Crippen LogP contribution in [0.5, 0.6) is 0 Å². The van der Waals surface area contributed by atoms with Crippen LogP contribution in [0.3, 0.4) is 0 Å². The third-order valence-corrected chi connectivity index (χ3v) is 2.72. The van der Waals surface area contributed by atoms with Gasteiger partial charge in [-0.1, -0.05) is 17.7 Å². The number of hydrogen-bond acceptors (Lipinski definition) is 2. The predicted molar refractivity (Wildman–Crippen MR) is 58.9 cm³/mol. The first-order valence-corrected chi connectivity index (χ1v) is 5.28. The first kappa shape index (κ1) is 10.5. The van der Waals surface area contributed by atoms with Crippen LogP contribution >= 0.6 is 23.2 Å². The van der Waals surface area contributed by atoms with Gasteiger partial charge < -0.3 is 4.90 Å². The highest BCUT2D eigenvalue weighted by molar-refractivity contribution is 6.54. The molecule has 0 aromatic heterocycles. The molecule has 1 aromatic carbocycles. The fourth-order valence-electron chi connectivity index (χ4n) is 1.61. The molecule has 0 radical (unpaired) electrons. The lowest BCUT2D eigenvalue weighted by Gasteiger charge is -2.15.